The number of benzene rings is 1. The highest BCUT2D eigenvalue weighted by Crippen LogP contribution is 2.27. The second kappa shape index (κ2) is 8.03. The average Bonchev–Trinajstić information content (AvgIpc) is 3.31. The van der Waals surface area contributed by atoms with Crippen molar-refractivity contribution in [3.63, 3.8) is 0 Å². The van der Waals surface area contributed by atoms with E-state index in [0.29, 0.717) is 12.6 Å². The van der Waals surface area contributed by atoms with Crippen molar-refractivity contribution in [2.45, 2.75) is 51.5 Å². The molecule has 0 unspecified atom stereocenters. The van der Waals surface area contributed by atoms with Crippen LogP contribution in [0.2, 0.25) is 0 Å². The number of carbonyl (C=O) groups excluding carboxylic acids is 1. The van der Waals surface area contributed by atoms with E-state index in [1.807, 2.05) is 12.1 Å². The molecule has 1 aliphatic carbocycles. The standard InChI is InChI=1S/C17H26N2O2/c1-2-3-4-5-14-6-8-15(9-7-14)18-17(21)19(12-13-20)16-10-11-16/h6-9,16,20H,2-5,10-13H2,1H3,(H,18,21). The molecule has 0 aromatic heterocycles. The predicted octanol–water partition coefficient (Wildman–Crippen LogP) is 3.41. The van der Waals surface area contributed by atoms with Crippen molar-refractivity contribution >= 4 is 11.7 Å². The van der Waals surface area contributed by atoms with Crippen LogP contribution in [0, 0.1) is 0 Å². The Morgan fingerprint density at radius 2 is 2.00 bits per heavy atom. The lowest BCUT2D eigenvalue weighted by Gasteiger charge is -2.21. The molecule has 2 amide bonds. The van der Waals surface area contributed by atoms with E-state index in [-0.39, 0.29) is 12.6 Å². The van der Waals surface area contributed by atoms with Crippen LogP contribution < -0.4 is 5.32 Å². The Labute approximate surface area is 127 Å². The fraction of sp³-hybridized carbons (Fsp3) is 0.588. The zero-order chi connectivity index (χ0) is 15.1. The Morgan fingerprint density at radius 1 is 1.29 bits per heavy atom. The van der Waals surface area contributed by atoms with E-state index in [9.17, 15) is 4.79 Å². The van der Waals surface area contributed by atoms with Crippen LogP contribution in [0.15, 0.2) is 24.3 Å². The van der Waals surface area contributed by atoms with Gasteiger partial charge in [0.25, 0.3) is 0 Å². The second-order valence-corrected chi connectivity index (χ2v) is 5.73. The minimum absolute atomic E-state index is 0.0142. The summed E-state index contributed by atoms with van der Waals surface area (Å²) in [5, 5.41) is 12.0. The lowest BCUT2D eigenvalue weighted by Crippen LogP contribution is -2.38. The molecular formula is C17H26N2O2. The van der Waals surface area contributed by atoms with Crippen LogP contribution in [0.5, 0.6) is 0 Å². The number of amides is 2. The summed E-state index contributed by atoms with van der Waals surface area (Å²) in [7, 11) is 0. The molecular weight excluding hydrogens is 264 g/mol. The van der Waals surface area contributed by atoms with E-state index in [1.165, 1.54) is 24.8 Å². The SMILES string of the molecule is CCCCCc1ccc(NC(=O)N(CCO)C2CC2)cc1. The number of rotatable bonds is 8. The van der Waals surface area contributed by atoms with E-state index >= 15 is 0 Å². The molecule has 0 atom stereocenters. The number of urea groups is 1. The van der Waals surface area contributed by atoms with Gasteiger partial charge in [-0.15, -0.1) is 0 Å². The van der Waals surface area contributed by atoms with Crippen molar-refractivity contribution in [2.75, 3.05) is 18.5 Å². The Morgan fingerprint density at radius 3 is 2.57 bits per heavy atom. The van der Waals surface area contributed by atoms with Crippen molar-refractivity contribution in [3.8, 4) is 0 Å². The average molecular weight is 290 g/mol. The van der Waals surface area contributed by atoms with Crippen molar-refractivity contribution < 1.29 is 9.90 Å². The van der Waals surface area contributed by atoms with E-state index < -0.39 is 0 Å². The maximum Gasteiger partial charge on any atom is 0.322 e. The van der Waals surface area contributed by atoms with Gasteiger partial charge in [-0.2, -0.15) is 0 Å². The summed E-state index contributed by atoms with van der Waals surface area (Å²) >= 11 is 0. The molecule has 0 radical (unpaired) electrons. The normalized spacial score (nSPS) is 14.0. The quantitative estimate of drug-likeness (QED) is 0.721. The Hall–Kier alpha value is -1.55. The van der Waals surface area contributed by atoms with Gasteiger partial charge in [0, 0.05) is 18.3 Å². The molecule has 0 saturated heterocycles. The molecule has 2 N–H and O–H groups in total. The zero-order valence-corrected chi connectivity index (χ0v) is 12.8. The summed E-state index contributed by atoms with van der Waals surface area (Å²) in [5.74, 6) is 0. The number of anilines is 1. The molecule has 1 saturated carbocycles. The maximum atomic E-state index is 12.2. The highest BCUT2D eigenvalue weighted by Gasteiger charge is 2.32. The molecule has 4 heteroatoms. The number of nitrogens with zero attached hydrogens (tertiary/aromatic N) is 1. The molecule has 116 valence electrons. The summed E-state index contributed by atoms with van der Waals surface area (Å²) in [6.07, 6.45) is 6.90. The van der Waals surface area contributed by atoms with E-state index in [4.69, 9.17) is 5.11 Å². The Bertz CT molecular complexity index is 441. The summed E-state index contributed by atoms with van der Waals surface area (Å²) in [6.45, 7) is 2.63. The fourth-order valence-electron chi connectivity index (χ4n) is 2.47. The van der Waals surface area contributed by atoms with Crippen molar-refractivity contribution in [1.82, 2.24) is 4.90 Å². The smallest absolute Gasteiger partial charge is 0.322 e. The minimum atomic E-state index is -0.106. The van der Waals surface area contributed by atoms with Crippen LogP contribution in [-0.2, 0) is 6.42 Å². The number of carbonyl (C=O) groups is 1. The number of aliphatic hydroxyl groups excluding tert-OH is 1. The second-order valence-electron chi connectivity index (χ2n) is 5.73. The predicted molar refractivity (Wildman–Crippen MR) is 85.5 cm³/mol. The van der Waals surface area contributed by atoms with Crippen LogP contribution in [0.1, 0.15) is 44.6 Å². The van der Waals surface area contributed by atoms with Crippen molar-refractivity contribution in [3.05, 3.63) is 29.8 Å². The van der Waals surface area contributed by atoms with Gasteiger partial charge in [-0.05, 0) is 43.4 Å². The number of aryl methyl sites for hydroxylation is 1. The van der Waals surface area contributed by atoms with E-state index in [1.54, 1.807) is 4.90 Å². The van der Waals surface area contributed by atoms with Crippen LogP contribution in [0.25, 0.3) is 0 Å². The van der Waals surface area contributed by atoms with Crippen LogP contribution in [0.3, 0.4) is 0 Å². The topological polar surface area (TPSA) is 52.6 Å². The minimum Gasteiger partial charge on any atom is -0.395 e. The summed E-state index contributed by atoms with van der Waals surface area (Å²) in [4.78, 5) is 13.9. The molecule has 1 aliphatic rings. The van der Waals surface area contributed by atoms with Gasteiger partial charge in [0.1, 0.15) is 0 Å². The molecule has 1 aromatic carbocycles. The van der Waals surface area contributed by atoms with Gasteiger partial charge in [0.05, 0.1) is 6.61 Å². The number of hydrogen-bond donors (Lipinski definition) is 2. The van der Waals surface area contributed by atoms with Gasteiger partial charge in [-0.25, -0.2) is 4.79 Å². The number of hydrogen-bond acceptors (Lipinski definition) is 2. The molecule has 0 spiro atoms. The molecule has 2 rings (SSSR count). The van der Waals surface area contributed by atoms with Gasteiger partial charge in [-0.3, -0.25) is 0 Å². The molecule has 4 nitrogen and oxygen atoms in total. The molecule has 0 aliphatic heterocycles. The third-order valence-electron chi connectivity index (χ3n) is 3.86. The van der Waals surface area contributed by atoms with Crippen LogP contribution in [-0.4, -0.2) is 35.2 Å². The largest absolute Gasteiger partial charge is 0.395 e. The molecule has 0 bridgehead atoms. The number of aliphatic hydroxyl groups is 1. The highest BCUT2D eigenvalue weighted by molar-refractivity contribution is 5.89. The third-order valence-corrected chi connectivity index (χ3v) is 3.86. The number of nitrogens with one attached hydrogen (secondary N) is 1. The molecule has 1 aromatic rings. The van der Waals surface area contributed by atoms with Gasteiger partial charge in [-0.1, -0.05) is 31.9 Å². The molecule has 0 heterocycles. The first-order chi connectivity index (χ1) is 10.2. The first-order valence-electron chi connectivity index (χ1n) is 8.02. The summed E-state index contributed by atoms with van der Waals surface area (Å²) < 4.78 is 0. The van der Waals surface area contributed by atoms with Gasteiger partial charge >= 0.3 is 6.03 Å². The molecule has 21 heavy (non-hydrogen) atoms. The monoisotopic (exact) mass is 290 g/mol. The first-order valence-corrected chi connectivity index (χ1v) is 8.02. The van der Waals surface area contributed by atoms with Gasteiger partial charge in [0.15, 0.2) is 0 Å². The van der Waals surface area contributed by atoms with Crippen molar-refractivity contribution in [2.24, 2.45) is 0 Å². The number of unbranched alkanes of at least 4 members (excludes halogenated alkanes) is 2. The fourth-order valence-corrected chi connectivity index (χ4v) is 2.47. The lowest BCUT2D eigenvalue weighted by atomic mass is 10.1. The van der Waals surface area contributed by atoms with Crippen molar-refractivity contribution in [1.29, 1.82) is 0 Å². The maximum absolute atomic E-state index is 12.2. The lowest BCUT2D eigenvalue weighted by molar-refractivity contribution is 0.185. The van der Waals surface area contributed by atoms with Gasteiger partial charge < -0.3 is 15.3 Å². The van der Waals surface area contributed by atoms with E-state index in [0.717, 1.165) is 24.9 Å². The Balaban J connectivity index is 1.85. The summed E-state index contributed by atoms with van der Waals surface area (Å²) in [6, 6.07) is 8.29. The van der Waals surface area contributed by atoms with Gasteiger partial charge in [0.2, 0.25) is 0 Å². The third kappa shape index (κ3) is 5.05. The molecule has 1 fully saturated rings. The Kier molecular flexibility index (Phi) is 6.05. The summed E-state index contributed by atoms with van der Waals surface area (Å²) in [5.41, 5.74) is 2.14. The van der Waals surface area contributed by atoms with E-state index in [2.05, 4.69) is 24.4 Å². The van der Waals surface area contributed by atoms with Crippen LogP contribution >= 0.6 is 0 Å². The first kappa shape index (κ1) is 15.8. The highest BCUT2D eigenvalue weighted by atomic mass is 16.3. The van der Waals surface area contributed by atoms with Crippen LogP contribution in [0.4, 0.5) is 10.5 Å². The zero-order valence-electron chi connectivity index (χ0n) is 12.8.